The van der Waals surface area contributed by atoms with Crippen molar-refractivity contribution in [2.75, 3.05) is 12.8 Å². The third-order valence-corrected chi connectivity index (χ3v) is 3.64. The van der Waals surface area contributed by atoms with Crippen molar-refractivity contribution >= 4 is 11.6 Å². The summed E-state index contributed by atoms with van der Waals surface area (Å²) in [6.45, 7) is 2.06. The Morgan fingerprint density at radius 3 is 2.72 bits per heavy atom. The molecule has 0 aromatic heterocycles. The standard InChI is InChI=1S/C14H20N2O2/c1-9(10-4-3-5-10)16-14(17)11-6-12(15)8-13(7-11)18-2/h6-10H,3-5,15H2,1-2H3,(H,16,17). The van der Waals surface area contributed by atoms with Crippen LogP contribution in [0.2, 0.25) is 0 Å². The van der Waals surface area contributed by atoms with Gasteiger partial charge in [0.2, 0.25) is 0 Å². The van der Waals surface area contributed by atoms with Crippen LogP contribution in [0, 0.1) is 5.92 Å². The van der Waals surface area contributed by atoms with Crippen LogP contribution in [-0.4, -0.2) is 19.1 Å². The van der Waals surface area contributed by atoms with Crippen LogP contribution in [0.1, 0.15) is 36.5 Å². The number of benzene rings is 1. The van der Waals surface area contributed by atoms with Crippen LogP contribution in [0.25, 0.3) is 0 Å². The van der Waals surface area contributed by atoms with Crippen LogP contribution < -0.4 is 15.8 Å². The zero-order valence-corrected chi connectivity index (χ0v) is 10.9. The van der Waals surface area contributed by atoms with Gasteiger partial charge in [-0.3, -0.25) is 4.79 Å². The average Bonchev–Trinajstić information content (AvgIpc) is 2.25. The van der Waals surface area contributed by atoms with Gasteiger partial charge in [-0.2, -0.15) is 0 Å². The first-order chi connectivity index (χ1) is 8.60. The maximum Gasteiger partial charge on any atom is 0.251 e. The van der Waals surface area contributed by atoms with Gasteiger partial charge in [0, 0.05) is 23.4 Å². The highest BCUT2D eigenvalue weighted by atomic mass is 16.5. The molecule has 98 valence electrons. The SMILES string of the molecule is COc1cc(N)cc(C(=O)NC(C)C2CCC2)c1. The molecule has 0 heterocycles. The lowest BCUT2D eigenvalue weighted by Crippen LogP contribution is -2.40. The van der Waals surface area contributed by atoms with Gasteiger partial charge in [-0.05, 0) is 37.8 Å². The van der Waals surface area contributed by atoms with E-state index < -0.39 is 0 Å². The molecule has 0 bridgehead atoms. The normalized spacial score (nSPS) is 16.8. The number of anilines is 1. The molecular formula is C14H20N2O2. The first-order valence-electron chi connectivity index (χ1n) is 6.35. The second-order valence-electron chi connectivity index (χ2n) is 4.95. The molecule has 1 aliphatic rings. The maximum atomic E-state index is 12.1. The fourth-order valence-corrected chi connectivity index (χ4v) is 2.22. The molecule has 1 atom stereocenters. The number of carbonyl (C=O) groups is 1. The Balaban J connectivity index is 2.05. The summed E-state index contributed by atoms with van der Waals surface area (Å²) in [6, 6.07) is 5.30. The monoisotopic (exact) mass is 248 g/mol. The molecule has 0 saturated heterocycles. The third-order valence-electron chi connectivity index (χ3n) is 3.64. The molecule has 2 rings (SSSR count). The molecule has 1 amide bonds. The lowest BCUT2D eigenvalue weighted by Gasteiger charge is -2.31. The molecule has 0 aliphatic heterocycles. The predicted molar refractivity (Wildman–Crippen MR) is 71.7 cm³/mol. The number of methoxy groups -OCH3 is 1. The van der Waals surface area contributed by atoms with Crippen molar-refractivity contribution in [2.45, 2.75) is 32.2 Å². The van der Waals surface area contributed by atoms with Crippen LogP contribution in [0.4, 0.5) is 5.69 Å². The molecule has 18 heavy (non-hydrogen) atoms. The summed E-state index contributed by atoms with van der Waals surface area (Å²) >= 11 is 0. The Bertz CT molecular complexity index is 441. The molecule has 4 heteroatoms. The number of nitrogens with two attached hydrogens (primary N) is 1. The van der Waals surface area contributed by atoms with Gasteiger partial charge in [0.25, 0.3) is 5.91 Å². The zero-order chi connectivity index (χ0) is 13.1. The molecule has 0 spiro atoms. The number of rotatable bonds is 4. The number of hydrogen-bond acceptors (Lipinski definition) is 3. The molecule has 1 aromatic carbocycles. The molecule has 3 N–H and O–H groups in total. The largest absolute Gasteiger partial charge is 0.497 e. The molecular weight excluding hydrogens is 228 g/mol. The molecule has 1 aromatic rings. The fraction of sp³-hybridized carbons (Fsp3) is 0.500. The van der Waals surface area contributed by atoms with E-state index in [9.17, 15) is 4.79 Å². The number of nitrogen functional groups attached to an aromatic ring is 1. The summed E-state index contributed by atoms with van der Waals surface area (Å²) in [5.41, 5.74) is 6.83. The number of amides is 1. The van der Waals surface area contributed by atoms with Gasteiger partial charge in [0.15, 0.2) is 0 Å². The van der Waals surface area contributed by atoms with Crippen molar-refractivity contribution < 1.29 is 9.53 Å². The highest BCUT2D eigenvalue weighted by Gasteiger charge is 2.25. The van der Waals surface area contributed by atoms with E-state index in [1.165, 1.54) is 19.3 Å². The van der Waals surface area contributed by atoms with Gasteiger partial charge >= 0.3 is 0 Å². The summed E-state index contributed by atoms with van der Waals surface area (Å²) in [5.74, 6) is 1.15. The van der Waals surface area contributed by atoms with Crippen LogP contribution in [0.3, 0.4) is 0 Å². The van der Waals surface area contributed by atoms with E-state index in [1.807, 2.05) is 0 Å². The van der Waals surface area contributed by atoms with Crippen LogP contribution in [0.15, 0.2) is 18.2 Å². The van der Waals surface area contributed by atoms with Gasteiger partial charge in [-0.25, -0.2) is 0 Å². The summed E-state index contributed by atoms with van der Waals surface area (Å²) in [7, 11) is 1.56. The first kappa shape index (κ1) is 12.7. The fourth-order valence-electron chi connectivity index (χ4n) is 2.22. The third kappa shape index (κ3) is 2.75. The van der Waals surface area contributed by atoms with Gasteiger partial charge < -0.3 is 15.8 Å². The molecule has 1 saturated carbocycles. The van der Waals surface area contributed by atoms with E-state index in [0.717, 1.165) is 0 Å². The highest BCUT2D eigenvalue weighted by molar-refractivity contribution is 5.95. The lowest BCUT2D eigenvalue weighted by atomic mass is 9.80. The second kappa shape index (κ2) is 5.29. The lowest BCUT2D eigenvalue weighted by molar-refractivity contribution is 0.0909. The van der Waals surface area contributed by atoms with Crippen LogP contribution >= 0.6 is 0 Å². The van der Waals surface area contributed by atoms with Crippen LogP contribution in [-0.2, 0) is 0 Å². The molecule has 4 nitrogen and oxygen atoms in total. The van der Waals surface area contributed by atoms with E-state index >= 15 is 0 Å². The number of hydrogen-bond donors (Lipinski definition) is 2. The van der Waals surface area contributed by atoms with Crippen LogP contribution in [0.5, 0.6) is 5.75 Å². The van der Waals surface area contributed by atoms with Gasteiger partial charge in [0.1, 0.15) is 5.75 Å². The summed E-state index contributed by atoms with van der Waals surface area (Å²) < 4.78 is 5.11. The first-order valence-corrected chi connectivity index (χ1v) is 6.35. The molecule has 0 radical (unpaired) electrons. The summed E-state index contributed by atoms with van der Waals surface area (Å²) in [4.78, 5) is 12.1. The molecule has 1 fully saturated rings. The zero-order valence-electron chi connectivity index (χ0n) is 10.9. The number of ether oxygens (including phenoxy) is 1. The minimum Gasteiger partial charge on any atom is -0.497 e. The van der Waals surface area contributed by atoms with E-state index in [1.54, 1.807) is 25.3 Å². The Morgan fingerprint density at radius 1 is 1.44 bits per heavy atom. The Morgan fingerprint density at radius 2 is 2.17 bits per heavy atom. The van der Waals surface area contributed by atoms with Crippen molar-refractivity contribution in [1.29, 1.82) is 0 Å². The van der Waals surface area contributed by atoms with Crippen molar-refractivity contribution in [1.82, 2.24) is 5.32 Å². The topological polar surface area (TPSA) is 64.3 Å². The second-order valence-corrected chi connectivity index (χ2v) is 4.95. The van der Waals surface area contributed by atoms with Gasteiger partial charge in [-0.15, -0.1) is 0 Å². The number of nitrogens with one attached hydrogen (secondary N) is 1. The van der Waals surface area contributed by atoms with E-state index in [0.29, 0.717) is 22.9 Å². The average molecular weight is 248 g/mol. The Kier molecular flexibility index (Phi) is 3.75. The van der Waals surface area contributed by atoms with Crippen molar-refractivity contribution in [2.24, 2.45) is 5.92 Å². The maximum absolute atomic E-state index is 12.1. The Labute approximate surface area is 108 Å². The predicted octanol–water partition coefficient (Wildman–Crippen LogP) is 2.20. The minimum atomic E-state index is -0.0833. The van der Waals surface area contributed by atoms with E-state index in [-0.39, 0.29) is 11.9 Å². The van der Waals surface area contributed by atoms with E-state index in [4.69, 9.17) is 10.5 Å². The summed E-state index contributed by atoms with van der Waals surface area (Å²) in [6.07, 6.45) is 3.69. The molecule has 1 unspecified atom stereocenters. The van der Waals surface area contributed by atoms with Gasteiger partial charge in [-0.1, -0.05) is 6.42 Å². The van der Waals surface area contributed by atoms with Crippen molar-refractivity contribution in [3.63, 3.8) is 0 Å². The van der Waals surface area contributed by atoms with Gasteiger partial charge in [0.05, 0.1) is 7.11 Å². The number of carbonyl (C=O) groups excluding carboxylic acids is 1. The quantitative estimate of drug-likeness (QED) is 0.803. The highest BCUT2D eigenvalue weighted by Crippen LogP contribution is 2.29. The van der Waals surface area contributed by atoms with Crippen molar-refractivity contribution in [3.05, 3.63) is 23.8 Å². The van der Waals surface area contributed by atoms with E-state index in [2.05, 4.69) is 12.2 Å². The van der Waals surface area contributed by atoms with Crippen molar-refractivity contribution in [3.8, 4) is 5.75 Å². The smallest absolute Gasteiger partial charge is 0.251 e. The molecule has 1 aliphatic carbocycles. The Hall–Kier alpha value is -1.71. The summed E-state index contributed by atoms with van der Waals surface area (Å²) in [5, 5.41) is 3.03. The minimum absolute atomic E-state index is 0.0833.